The van der Waals surface area contributed by atoms with Crippen molar-refractivity contribution in [3.05, 3.63) is 53.1 Å². The van der Waals surface area contributed by atoms with Crippen LogP contribution in [-0.4, -0.2) is 25.5 Å². The molecule has 0 radical (unpaired) electrons. The molecule has 0 saturated carbocycles. The van der Waals surface area contributed by atoms with E-state index in [9.17, 15) is 0 Å². The highest BCUT2D eigenvalue weighted by atomic mass is 35.5. The van der Waals surface area contributed by atoms with E-state index in [1.807, 2.05) is 30.3 Å². The largest absolute Gasteiger partial charge is 0.493 e. The standard InChI is InChI=1S/C16H16ClN3O2S/c1-21-14-8-3-11(9-15(14)22-2)10-18-20-16(23)19-13-6-4-12(17)5-7-13/h3-10H,1-2H3,(H2,19,20,23)/b18-10+. The molecule has 0 saturated heterocycles. The summed E-state index contributed by atoms with van der Waals surface area (Å²) in [5, 5.41) is 8.13. The van der Waals surface area contributed by atoms with Gasteiger partial charge in [-0.05, 0) is 60.2 Å². The van der Waals surface area contributed by atoms with Crippen LogP contribution >= 0.6 is 23.8 Å². The minimum Gasteiger partial charge on any atom is -0.493 e. The number of benzene rings is 2. The van der Waals surface area contributed by atoms with Crippen LogP contribution in [0.25, 0.3) is 0 Å². The fraction of sp³-hybridized carbons (Fsp3) is 0.125. The topological polar surface area (TPSA) is 54.9 Å². The van der Waals surface area contributed by atoms with Crippen molar-refractivity contribution >= 4 is 40.8 Å². The van der Waals surface area contributed by atoms with E-state index in [4.69, 9.17) is 33.3 Å². The Balaban J connectivity index is 1.93. The van der Waals surface area contributed by atoms with Crippen LogP contribution in [0, 0.1) is 0 Å². The van der Waals surface area contributed by atoms with E-state index in [2.05, 4.69) is 15.8 Å². The van der Waals surface area contributed by atoms with Gasteiger partial charge in [-0.15, -0.1) is 0 Å². The normalized spacial score (nSPS) is 10.4. The molecule has 2 rings (SSSR count). The maximum absolute atomic E-state index is 5.83. The molecule has 0 atom stereocenters. The maximum atomic E-state index is 5.83. The average molecular weight is 350 g/mol. The van der Waals surface area contributed by atoms with Gasteiger partial charge in [0.1, 0.15) is 0 Å². The summed E-state index contributed by atoms with van der Waals surface area (Å²) in [4.78, 5) is 0. The van der Waals surface area contributed by atoms with E-state index in [0.29, 0.717) is 21.6 Å². The van der Waals surface area contributed by atoms with Crippen LogP contribution < -0.4 is 20.2 Å². The Morgan fingerprint density at radius 1 is 1.09 bits per heavy atom. The number of halogens is 1. The van der Waals surface area contributed by atoms with Gasteiger partial charge in [0.2, 0.25) is 0 Å². The zero-order valence-corrected chi connectivity index (χ0v) is 14.2. The molecule has 23 heavy (non-hydrogen) atoms. The second kappa shape index (κ2) is 8.36. The molecular weight excluding hydrogens is 334 g/mol. The summed E-state index contributed by atoms with van der Waals surface area (Å²) in [7, 11) is 3.18. The summed E-state index contributed by atoms with van der Waals surface area (Å²) >= 11 is 11.0. The smallest absolute Gasteiger partial charge is 0.191 e. The number of hydrogen-bond donors (Lipinski definition) is 2. The van der Waals surface area contributed by atoms with Gasteiger partial charge >= 0.3 is 0 Å². The number of thiocarbonyl (C=S) groups is 1. The van der Waals surface area contributed by atoms with Gasteiger partial charge in [0.15, 0.2) is 16.6 Å². The average Bonchev–Trinajstić information content (AvgIpc) is 2.56. The lowest BCUT2D eigenvalue weighted by Gasteiger charge is -2.08. The molecule has 0 aromatic heterocycles. The van der Waals surface area contributed by atoms with Crippen molar-refractivity contribution < 1.29 is 9.47 Å². The molecule has 0 aliphatic heterocycles. The first kappa shape index (κ1) is 17.1. The fourth-order valence-corrected chi connectivity index (χ4v) is 2.09. The third-order valence-corrected chi connectivity index (χ3v) is 3.33. The molecule has 5 nitrogen and oxygen atoms in total. The van der Waals surface area contributed by atoms with E-state index in [0.717, 1.165) is 11.3 Å². The predicted molar refractivity (Wildman–Crippen MR) is 97.9 cm³/mol. The van der Waals surface area contributed by atoms with Crippen LogP contribution in [0.4, 0.5) is 5.69 Å². The molecule has 120 valence electrons. The summed E-state index contributed by atoms with van der Waals surface area (Å²) in [5.74, 6) is 1.30. The molecule has 2 aromatic carbocycles. The molecule has 0 unspecified atom stereocenters. The summed E-state index contributed by atoms with van der Waals surface area (Å²) < 4.78 is 10.4. The van der Waals surface area contributed by atoms with Gasteiger partial charge in [-0.1, -0.05) is 11.6 Å². The lowest BCUT2D eigenvalue weighted by molar-refractivity contribution is 0.355. The summed E-state index contributed by atoms with van der Waals surface area (Å²) in [6.45, 7) is 0. The molecule has 0 aliphatic carbocycles. The van der Waals surface area contributed by atoms with Crippen LogP contribution in [0.2, 0.25) is 5.02 Å². The monoisotopic (exact) mass is 349 g/mol. The van der Waals surface area contributed by atoms with Crippen LogP contribution in [0.5, 0.6) is 11.5 Å². The Bertz CT molecular complexity index is 705. The fourth-order valence-electron chi connectivity index (χ4n) is 1.79. The molecule has 0 amide bonds. The van der Waals surface area contributed by atoms with E-state index >= 15 is 0 Å². The van der Waals surface area contributed by atoms with E-state index < -0.39 is 0 Å². The third-order valence-electron chi connectivity index (χ3n) is 2.89. The zero-order valence-electron chi connectivity index (χ0n) is 12.7. The number of anilines is 1. The molecule has 0 spiro atoms. The van der Waals surface area contributed by atoms with Gasteiger partial charge in [0, 0.05) is 10.7 Å². The Morgan fingerprint density at radius 2 is 1.78 bits per heavy atom. The molecule has 0 aliphatic rings. The Morgan fingerprint density at radius 3 is 2.43 bits per heavy atom. The van der Waals surface area contributed by atoms with Crippen molar-refractivity contribution in [1.29, 1.82) is 0 Å². The van der Waals surface area contributed by atoms with Crippen molar-refractivity contribution in [2.75, 3.05) is 19.5 Å². The van der Waals surface area contributed by atoms with E-state index in [-0.39, 0.29) is 0 Å². The van der Waals surface area contributed by atoms with Crippen LogP contribution in [0.15, 0.2) is 47.6 Å². The zero-order chi connectivity index (χ0) is 16.7. The van der Waals surface area contributed by atoms with Crippen LogP contribution in [-0.2, 0) is 0 Å². The summed E-state index contributed by atoms with van der Waals surface area (Å²) in [5.41, 5.74) is 4.42. The van der Waals surface area contributed by atoms with Crippen molar-refractivity contribution in [2.45, 2.75) is 0 Å². The number of rotatable bonds is 5. The first-order chi connectivity index (χ1) is 11.1. The highest BCUT2D eigenvalue weighted by molar-refractivity contribution is 7.80. The first-order valence-corrected chi connectivity index (χ1v) is 7.48. The molecule has 0 bridgehead atoms. The Hall–Kier alpha value is -2.31. The van der Waals surface area contributed by atoms with Gasteiger partial charge in [0.25, 0.3) is 0 Å². The van der Waals surface area contributed by atoms with Crippen molar-refractivity contribution in [3.8, 4) is 11.5 Å². The number of nitrogens with zero attached hydrogens (tertiary/aromatic N) is 1. The number of hydrazone groups is 1. The van der Waals surface area contributed by atoms with Gasteiger partial charge in [-0.3, -0.25) is 5.43 Å². The highest BCUT2D eigenvalue weighted by Crippen LogP contribution is 2.26. The van der Waals surface area contributed by atoms with Gasteiger partial charge < -0.3 is 14.8 Å². The lowest BCUT2D eigenvalue weighted by Crippen LogP contribution is -2.23. The van der Waals surface area contributed by atoms with Gasteiger partial charge in [-0.2, -0.15) is 5.10 Å². The molecule has 7 heteroatoms. The predicted octanol–water partition coefficient (Wildman–Crippen LogP) is 3.68. The third kappa shape index (κ3) is 5.12. The second-order valence-electron chi connectivity index (χ2n) is 4.45. The molecular formula is C16H16ClN3O2S. The minimum atomic E-state index is 0.379. The van der Waals surface area contributed by atoms with Crippen molar-refractivity contribution in [3.63, 3.8) is 0 Å². The quantitative estimate of drug-likeness (QED) is 0.490. The van der Waals surface area contributed by atoms with E-state index in [1.54, 1.807) is 32.6 Å². The molecule has 2 N–H and O–H groups in total. The van der Waals surface area contributed by atoms with Crippen LogP contribution in [0.1, 0.15) is 5.56 Å². The number of methoxy groups -OCH3 is 2. The Labute approximate surface area is 145 Å². The number of ether oxygens (including phenoxy) is 2. The maximum Gasteiger partial charge on any atom is 0.191 e. The molecule has 0 fully saturated rings. The highest BCUT2D eigenvalue weighted by Gasteiger charge is 2.03. The van der Waals surface area contributed by atoms with Crippen molar-refractivity contribution in [2.24, 2.45) is 5.10 Å². The Kier molecular flexibility index (Phi) is 6.19. The minimum absolute atomic E-state index is 0.379. The number of hydrogen-bond acceptors (Lipinski definition) is 4. The van der Waals surface area contributed by atoms with E-state index in [1.165, 1.54) is 0 Å². The summed E-state index contributed by atoms with van der Waals surface area (Å²) in [6, 6.07) is 12.7. The summed E-state index contributed by atoms with van der Waals surface area (Å²) in [6.07, 6.45) is 1.64. The lowest BCUT2D eigenvalue weighted by atomic mass is 10.2. The number of nitrogens with one attached hydrogen (secondary N) is 2. The SMILES string of the molecule is COc1ccc(/C=N/NC(=S)Nc2ccc(Cl)cc2)cc1OC. The van der Waals surface area contributed by atoms with Gasteiger partial charge in [0.05, 0.1) is 20.4 Å². The van der Waals surface area contributed by atoms with Crippen molar-refractivity contribution in [1.82, 2.24) is 5.43 Å². The van der Waals surface area contributed by atoms with Crippen LogP contribution in [0.3, 0.4) is 0 Å². The molecule has 2 aromatic rings. The van der Waals surface area contributed by atoms with Gasteiger partial charge in [-0.25, -0.2) is 0 Å². The first-order valence-electron chi connectivity index (χ1n) is 6.70. The molecule has 0 heterocycles. The second-order valence-corrected chi connectivity index (χ2v) is 5.29.